The van der Waals surface area contributed by atoms with Gasteiger partial charge < -0.3 is 15.4 Å². The van der Waals surface area contributed by atoms with Crippen LogP contribution in [0.4, 0.5) is 21.9 Å². The fourth-order valence-electron chi connectivity index (χ4n) is 4.18. The molecule has 2 aromatic carbocycles. The molecule has 2 N–H and O–H groups in total. The van der Waals surface area contributed by atoms with E-state index < -0.39 is 0 Å². The minimum atomic E-state index is -0.166. The summed E-state index contributed by atoms with van der Waals surface area (Å²) in [4.78, 5) is 33.4. The Bertz CT molecular complexity index is 1310. The second kappa shape index (κ2) is 13.7. The summed E-state index contributed by atoms with van der Waals surface area (Å²) < 4.78 is 5.52. The number of aryl methyl sites for hydroxylation is 1. The number of ether oxygens (including phenoxy) is 1. The Balaban J connectivity index is 1.95. The zero-order valence-electron chi connectivity index (χ0n) is 23.5. The Morgan fingerprint density at radius 3 is 2.49 bits per heavy atom. The number of carbonyl (C=O) groups is 2. The molecule has 0 spiro atoms. The van der Waals surface area contributed by atoms with Crippen molar-refractivity contribution in [3.63, 3.8) is 0 Å². The standard InChI is InChI=1S/C30H37N5O3S/c1-8-24-13-26(15-27(14-24)38-6)35-18-25(21(3)34(30(35)37)17-20(2)19-39-7)16-31-22(4)32-28-11-9-10-12-29(28)33-23(5)36/h9-16,19,32H,4,8,17-18H2,1-3,5-7H3,(H,33,36)/b20-19+,31-16-. The molecule has 0 saturated carbocycles. The second-order valence-corrected chi connectivity index (χ2v) is 9.92. The number of aliphatic imine (C=N–C) groups is 1. The van der Waals surface area contributed by atoms with E-state index in [1.165, 1.54) is 6.92 Å². The lowest BCUT2D eigenvalue weighted by molar-refractivity contribution is -0.114. The quantitative estimate of drug-likeness (QED) is 0.308. The maximum atomic E-state index is 13.8. The van der Waals surface area contributed by atoms with Gasteiger partial charge >= 0.3 is 6.03 Å². The average Bonchev–Trinajstić information content (AvgIpc) is 2.91. The maximum Gasteiger partial charge on any atom is 0.329 e. The zero-order chi connectivity index (χ0) is 28.5. The van der Waals surface area contributed by atoms with Crippen LogP contribution in [0.15, 0.2) is 82.1 Å². The fourth-order valence-corrected chi connectivity index (χ4v) is 4.66. The van der Waals surface area contributed by atoms with E-state index in [1.54, 1.807) is 41.0 Å². The van der Waals surface area contributed by atoms with Crippen molar-refractivity contribution in [2.24, 2.45) is 4.99 Å². The Morgan fingerprint density at radius 2 is 1.87 bits per heavy atom. The molecule has 0 bridgehead atoms. The first-order valence-electron chi connectivity index (χ1n) is 12.7. The molecule has 0 unspecified atom stereocenters. The van der Waals surface area contributed by atoms with Crippen molar-refractivity contribution in [3.8, 4) is 5.75 Å². The SMILES string of the molecule is C=C(/N=C\C1=C(C)N(C/C(C)=C/SC)C(=O)N(c2cc(CC)cc(OC)c2)C1)Nc1ccccc1NC(C)=O. The highest BCUT2D eigenvalue weighted by Crippen LogP contribution is 2.31. The van der Waals surface area contributed by atoms with Crippen molar-refractivity contribution in [1.29, 1.82) is 0 Å². The van der Waals surface area contributed by atoms with Gasteiger partial charge in [0.15, 0.2) is 0 Å². The molecule has 1 aliphatic rings. The number of allylic oxidation sites excluding steroid dienone is 1. The number of urea groups is 1. The first-order valence-corrected chi connectivity index (χ1v) is 14.0. The average molecular weight is 548 g/mol. The van der Waals surface area contributed by atoms with Crippen molar-refractivity contribution in [1.82, 2.24) is 4.90 Å². The lowest BCUT2D eigenvalue weighted by atomic mass is 10.1. The molecule has 206 valence electrons. The number of para-hydroxylation sites is 2. The van der Waals surface area contributed by atoms with Gasteiger partial charge in [-0.2, -0.15) is 0 Å². The van der Waals surface area contributed by atoms with Gasteiger partial charge in [-0.3, -0.25) is 14.6 Å². The van der Waals surface area contributed by atoms with Crippen LogP contribution in [-0.2, 0) is 11.2 Å². The number of hydrogen-bond acceptors (Lipinski definition) is 6. The van der Waals surface area contributed by atoms with Gasteiger partial charge in [-0.25, -0.2) is 9.79 Å². The van der Waals surface area contributed by atoms with Crippen molar-refractivity contribution in [3.05, 3.63) is 82.7 Å². The van der Waals surface area contributed by atoms with Gasteiger partial charge in [-0.1, -0.05) is 25.6 Å². The molecule has 39 heavy (non-hydrogen) atoms. The third kappa shape index (κ3) is 7.77. The lowest BCUT2D eigenvalue weighted by Gasteiger charge is -2.37. The van der Waals surface area contributed by atoms with Crippen LogP contribution in [0.1, 0.15) is 33.3 Å². The van der Waals surface area contributed by atoms with E-state index in [-0.39, 0.29) is 11.9 Å². The summed E-state index contributed by atoms with van der Waals surface area (Å²) in [7, 11) is 1.63. The molecule has 3 amide bonds. The van der Waals surface area contributed by atoms with Crippen LogP contribution in [0, 0.1) is 0 Å². The second-order valence-electron chi connectivity index (χ2n) is 9.21. The maximum absolute atomic E-state index is 13.8. The number of carbonyl (C=O) groups excluding carboxylic acids is 2. The summed E-state index contributed by atoms with van der Waals surface area (Å²) in [5.74, 6) is 0.941. The number of rotatable bonds is 11. The summed E-state index contributed by atoms with van der Waals surface area (Å²) >= 11 is 1.61. The van der Waals surface area contributed by atoms with Gasteiger partial charge in [0.05, 0.1) is 25.0 Å². The number of benzene rings is 2. The molecular weight excluding hydrogens is 510 g/mol. The highest BCUT2D eigenvalue weighted by atomic mass is 32.2. The highest BCUT2D eigenvalue weighted by Gasteiger charge is 2.31. The molecule has 0 fully saturated rings. The Morgan fingerprint density at radius 1 is 1.18 bits per heavy atom. The monoisotopic (exact) mass is 547 g/mol. The summed E-state index contributed by atoms with van der Waals surface area (Å²) in [6, 6.07) is 13.1. The van der Waals surface area contributed by atoms with Gasteiger partial charge in [-0.15, -0.1) is 11.8 Å². The van der Waals surface area contributed by atoms with Crippen molar-refractivity contribution >= 4 is 47.0 Å². The van der Waals surface area contributed by atoms with Gasteiger partial charge in [0, 0.05) is 42.7 Å². The molecule has 1 heterocycles. The lowest BCUT2D eigenvalue weighted by Crippen LogP contribution is -2.48. The smallest absolute Gasteiger partial charge is 0.329 e. The molecule has 0 aliphatic carbocycles. The minimum absolute atomic E-state index is 0.102. The number of methoxy groups -OCH3 is 1. The van der Waals surface area contributed by atoms with Gasteiger partial charge in [0.2, 0.25) is 5.91 Å². The number of hydrogen-bond donors (Lipinski definition) is 2. The Kier molecular flexibility index (Phi) is 10.4. The molecule has 1 aliphatic heterocycles. The normalized spacial score (nSPS) is 14.2. The van der Waals surface area contributed by atoms with E-state index in [9.17, 15) is 9.59 Å². The van der Waals surface area contributed by atoms with Gasteiger partial charge in [0.1, 0.15) is 11.6 Å². The number of anilines is 3. The number of nitrogens with zero attached hydrogens (tertiary/aromatic N) is 3. The van der Waals surface area contributed by atoms with Crippen LogP contribution in [0.25, 0.3) is 0 Å². The molecule has 0 atom stereocenters. The Hall–Kier alpha value is -3.98. The predicted octanol–water partition coefficient (Wildman–Crippen LogP) is 6.65. The zero-order valence-corrected chi connectivity index (χ0v) is 24.3. The minimum Gasteiger partial charge on any atom is -0.497 e. The third-order valence-electron chi connectivity index (χ3n) is 6.19. The van der Waals surface area contributed by atoms with Crippen molar-refractivity contribution in [2.75, 3.05) is 42.0 Å². The number of thioether (sulfide) groups is 1. The topological polar surface area (TPSA) is 86.3 Å². The molecule has 3 rings (SSSR count). The van der Waals surface area contributed by atoms with E-state index in [0.717, 1.165) is 34.5 Å². The van der Waals surface area contributed by atoms with Crippen LogP contribution in [0.2, 0.25) is 0 Å². The molecule has 2 aromatic rings. The van der Waals surface area contributed by atoms with E-state index in [1.807, 2.05) is 61.9 Å². The van der Waals surface area contributed by atoms with Crippen LogP contribution in [0.5, 0.6) is 5.75 Å². The molecule has 0 saturated heterocycles. The molecular formula is C30H37N5O3S. The van der Waals surface area contributed by atoms with Crippen LogP contribution < -0.4 is 20.3 Å². The summed E-state index contributed by atoms with van der Waals surface area (Å²) in [6.07, 6.45) is 4.56. The molecule has 8 nitrogen and oxygen atoms in total. The Labute approximate surface area is 235 Å². The molecule has 0 radical (unpaired) electrons. The van der Waals surface area contributed by atoms with Crippen LogP contribution in [0.3, 0.4) is 0 Å². The fraction of sp³-hybridized carbons (Fsp3) is 0.300. The number of nitrogens with one attached hydrogen (secondary N) is 2. The summed E-state index contributed by atoms with van der Waals surface area (Å²) in [6.45, 7) is 12.3. The third-order valence-corrected chi connectivity index (χ3v) is 6.82. The van der Waals surface area contributed by atoms with Crippen molar-refractivity contribution in [2.45, 2.75) is 34.1 Å². The predicted molar refractivity (Wildman–Crippen MR) is 164 cm³/mol. The highest BCUT2D eigenvalue weighted by molar-refractivity contribution is 8.01. The van der Waals surface area contributed by atoms with Gasteiger partial charge in [0.25, 0.3) is 0 Å². The first-order chi connectivity index (χ1) is 18.7. The largest absolute Gasteiger partial charge is 0.497 e. The van der Waals surface area contributed by atoms with Gasteiger partial charge in [-0.05, 0) is 67.3 Å². The van der Waals surface area contributed by atoms with E-state index in [2.05, 4.69) is 29.1 Å². The van der Waals surface area contributed by atoms with Crippen molar-refractivity contribution < 1.29 is 14.3 Å². The van der Waals surface area contributed by atoms with E-state index >= 15 is 0 Å². The van der Waals surface area contributed by atoms with E-state index in [0.29, 0.717) is 36.0 Å². The first kappa shape index (κ1) is 29.6. The number of amides is 3. The van der Waals surface area contributed by atoms with E-state index in [4.69, 9.17) is 4.74 Å². The van der Waals surface area contributed by atoms with Crippen LogP contribution >= 0.6 is 11.8 Å². The summed E-state index contributed by atoms with van der Waals surface area (Å²) in [5, 5.41) is 8.01. The molecule has 0 aromatic heterocycles. The van der Waals surface area contributed by atoms with Crippen LogP contribution in [-0.4, -0.2) is 49.5 Å². The summed E-state index contributed by atoms with van der Waals surface area (Å²) in [5.41, 5.74) is 5.96. The molecule has 9 heteroatoms.